The van der Waals surface area contributed by atoms with Gasteiger partial charge in [-0.3, -0.25) is 9.59 Å². The lowest BCUT2D eigenvalue weighted by atomic mass is 10.0. The van der Waals surface area contributed by atoms with Crippen molar-refractivity contribution in [1.29, 1.82) is 0 Å². The molecule has 1 amide bonds. The molecule has 2 aliphatic rings. The van der Waals surface area contributed by atoms with Gasteiger partial charge >= 0.3 is 0 Å². The number of amides is 1. The van der Waals surface area contributed by atoms with Crippen molar-refractivity contribution in [3.8, 4) is 5.75 Å². The molecule has 1 aromatic rings. The average molecular weight is 395 g/mol. The van der Waals surface area contributed by atoms with E-state index in [0.29, 0.717) is 31.1 Å². The number of benzene rings is 1. The fourth-order valence-corrected chi connectivity index (χ4v) is 3.35. The summed E-state index contributed by atoms with van der Waals surface area (Å²) in [6.45, 7) is 4.96. The predicted molar refractivity (Wildman–Crippen MR) is 109 cm³/mol. The van der Waals surface area contributed by atoms with Crippen molar-refractivity contribution in [3.05, 3.63) is 29.8 Å². The van der Waals surface area contributed by atoms with Crippen LogP contribution in [0.25, 0.3) is 0 Å². The summed E-state index contributed by atoms with van der Waals surface area (Å²) in [7, 11) is 0. The minimum Gasteiger partial charge on any atom is -0.494 e. The molecule has 1 aliphatic carbocycles. The summed E-state index contributed by atoms with van der Waals surface area (Å²) >= 11 is 0. The number of ether oxygens (including phenoxy) is 1. The summed E-state index contributed by atoms with van der Waals surface area (Å²) in [4.78, 5) is 25.6. The molecule has 1 N–H and O–H groups in total. The molecule has 0 radical (unpaired) electrons. The van der Waals surface area contributed by atoms with Crippen molar-refractivity contribution in [2.75, 3.05) is 26.2 Å². The maximum absolute atomic E-state index is 12.3. The van der Waals surface area contributed by atoms with Gasteiger partial charge in [0.05, 0.1) is 6.61 Å². The lowest BCUT2D eigenvalue weighted by molar-refractivity contribution is -0.132. The van der Waals surface area contributed by atoms with Gasteiger partial charge in [0, 0.05) is 31.1 Å². The fraction of sp³-hybridized carbons (Fsp3) is 0.619. The number of likely N-dealkylation sites (tertiary alicyclic amines) is 1. The van der Waals surface area contributed by atoms with E-state index in [1.807, 2.05) is 4.90 Å². The molecular weight excluding hydrogens is 364 g/mol. The standard InChI is InChI=1S/C21H30N2O3.ClH/c1-16(24)18-6-8-20(9-7-18)26-14-2-3-21(25)23-12-10-19(11-13-23)22-15-17-4-5-17;/h6-9,17,19,22H,2-5,10-15H2,1H3;1H. The Hall–Kier alpha value is -1.59. The van der Waals surface area contributed by atoms with Gasteiger partial charge in [-0.05, 0) is 75.8 Å². The topological polar surface area (TPSA) is 58.6 Å². The Kier molecular flexibility index (Phi) is 8.58. The number of hydrogen-bond donors (Lipinski definition) is 1. The van der Waals surface area contributed by atoms with Crippen LogP contribution in [-0.2, 0) is 4.79 Å². The summed E-state index contributed by atoms with van der Waals surface area (Å²) in [5.41, 5.74) is 0.683. The molecule has 1 heterocycles. The highest BCUT2D eigenvalue weighted by Gasteiger charge is 2.25. The van der Waals surface area contributed by atoms with Gasteiger partial charge in [-0.15, -0.1) is 12.4 Å². The smallest absolute Gasteiger partial charge is 0.222 e. The molecule has 1 saturated carbocycles. The van der Waals surface area contributed by atoms with Crippen LogP contribution in [0.2, 0.25) is 0 Å². The van der Waals surface area contributed by atoms with E-state index in [-0.39, 0.29) is 24.1 Å². The van der Waals surface area contributed by atoms with Crippen LogP contribution < -0.4 is 10.1 Å². The number of carbonyl (C=O) groups excluding carboxylic acids is 2. The van der Waals surface area contributed by atoms with Gasteiger partial charge in [0.25, 0.3) is 0 Å². The number of ketones is 1. The molecule has 27 heavy (non-hydrogen) atoms. The van der Waals surface area contributed by atoms with E-state index in [2.05, 4.69) is 5.32 Å². The second kappa shape index (κ2) is 10.7. The molecule has 1 saturated heterocycles. The van der Waals surface area contributed by atoms with E-state index in [4.69, 9.17) is 4.74 Å². The van der Waals surface area contributed by atoms with E-state index in [9.17, 15) is 9.59 Å². The van der Waals surface area contributed by atoms with Gasteiger partial charge in [0.2, 0.25) is 5.91 Å². The highest BCUT2D eigenvalue weighted by atomic mass is 35.5. The molecule has 6 heteroatoms. The molecule has 0 unspecified atom stereocenters. The van der Waals surface area contributed by atoms with E-state index >= 15 is 0 Å². The van der Waals surface area contributed by atoms with Crippen LogP contribution in [-0.4, -0.2) is 48.9 Å². The quantitative estimate of drug-likeness (QED) is 0.514. The van der Waals surface area contributed by atoms with Crippen LogP contribution in [0, 0.1) is 5.92 Å². The number of halogens is 1. The number of Topliss-reactive ketones (excluding diaryl/α,β-unsaturated/α-hetero) is 1. The first-order valence-electron chi connectivity index (χ1n) is 9.87. The zero-order valence-electron chi connectivity index (χ0n) is 16.1. The summed E-state index contributed by atoms with van der Waals surface area (Å²) in [6, 6.07) is 7.73. The molecule has 3 rings (SSSR count). The lowest BCUT2D eigenvalue weighted by Crippen LogP contribution is -2.45. The van der Waals surface area contributed by atoms with E-state index in [0.717, 1.165) is 44.1 Å². The Balaban J connectivity index is 0.00000261. The number of nitrogens with one attached hydrogen (secondary N) is 1. The van der Waals surface area contributed by atoms with Gasteiger partial charge in [-0.1, -0.05) is 0 Å². The third-order valence-electron chi connectivity index (χ3n) is 5.30. The Labute approximate surface area is 168 Å². The SMILES string of the molecule is CC(=O)c1ccc(OCCCC(=O)N2CCC(NCC3CC3)CC2)cc1.Cl. The Morgan fingerprint density at radius 2 is 1.78 bits per heavy atom. The number of hydrogen-bond acceptors (Lipinski definition) is 4. The number of piperidine rings is 1. The molecule has 2 fully saturated rings. The first-order valence-corrected chi connectivity index (χ1v) is 9.87. The second-order valence-electron chi connectivity index (χ2n) is 7.54. The molecule has 0 aromatic heterocycles. The van der Waals surface area contributed by atoms with Gasteiger partial charge in [0.1, 0.15) is 5.75 Å². The molecule has 1 aromatic carbocycles. The molecule has 0 spiro atoms. The lowest BCUT2D eigenvalue weighted by Gasteiger charge is -2.32. The van der Waals surface area contributed by atoms with Crippen LogP contribution >= 0.6 is 12.4 Å². The first-order chi connectivity index (χ1) is 12.6. The second-order valence-corrected chi connectivity index (χ2v) is 7.54. The highest BCUT2D eigenvalue weighted by molar-refractivity contribution is 5.94. The monoisotopic (exact) mass is 394 g/mol. The number of nitrogens with zero attached hydrogens (tertiary/aromatic N) is 1. The Bertz CT molecular complexity index is 608. The molecule has 150 valence electrons. The maximum atomic E-state index is 12.3. The van der Waals surface area contributed by atoms with Crippen LogP contribution in [0.4, 0.5) is 0 Å². The van der Waals surface area contributed by atoms with Crippen LogP contribution in [0.3, 0.4) is 0 Å². The third-order valence-corrected chi connectivity index (χ3v) is 5.30. The minimum absolute atomic E-state index is 0. The van der Waals surface area contributed by atoms with E-state index < -0.39 is 0 Å². The van der Waals surface area contributed by atoms with Crippen molar-refractivity contribution in [2.24, 2.45) is 5.92 Å². The van der Waals surface area contributed by atoms with Gasteiger partial charge in [0.15, 0.2) is 5.78 Å². The van der Waals surface area contributed by atoms with Crippen molar-refractivity contribution >= 4 is 24.1 Å². The van der Waals surface area contributed by atoms with Crippen molar-refractivity contribution in [1.82, 2.24) is 10.2 Å². The largest absolute Gasteiger partial charge is 0.494 e. The van der Waals surface area contributed by atoms with E-state index in [1.54, 1.807) is 31.2 Å². The minimum atomic E-state index is 0. The normalized spacial score (nSPS) is 17.3. The molecule has 0 bridgehead atoms. The fourth-order valence-electron chi connectivity index (χ4n) is 3.35. The van der Waals surface area contributed by atoms with Gasteiger partial charge in [-0.25, -0.2) is 0 Å². The highest BCUT2D eigenvalue weighted by Crippen LogP contribution is 2.28. The zero-order chi connectivity index (χ0) is 18.4. The van der Waals surface area contributed by atoms with Crippen LogP contribution in [0.5, 0.6) is 5.75 Å². The molecule has 1 aliphatic heterocycles. The Morgan fingerprint density at radius 3 is 2.37 bits per heavy atom. The summed E-state index contributed by atoms with van der Waals surface area (Å²) in [5, 5.41) is 3.65. The maximum Gasteiger partial charge on any atom is 0.222 e. The van der Waals surface area contributed by atoms with Crippen molar-refractivity contribution in [2.45, 2.75) is 51.5 Å². The van der Waals surface area contributed by atoms with E-state index in [1.165, 1.54) is 12.8 Å². The van der Waals surface area contributed by atoms with Crippen LogP contribution in [0.15, 0.2) is 24.3 Å². The first kappa shape index (κ1) is 21.7. The third kappa shape index (κ3) is 7.15. The number of carbonyl (C=O) groups is 2. The summed E-state index contributed by atoms with van der Waals surface area (Å²) in [6.07, 6.45) is 6.15. The number of rotatable bonds is 9. The van der Waals surface area contributed by atoms with Crippen molar-refractivity contribution < 1.29 is 14.3 Å². The average Bonchev–Trinajstić information content (AvgIpc) is 3.48. The zero-order valence-corrected chi connectivity index (χ0v) is 16.9. The predicted octanol–water partition coefficient (Wildman–Crippen LogP) is 3.46. The van der Waals surface area contributed by atoms with Gasteiger partial charge in [-0.2, -0.15) is 0 Å². The molecule has 5 nitrogen and oxygen atoms in total. The van der Waals surface area contributed by atoms with Gasteiger partial charge < -0.3 is 15.0 Å². The van der Waals surface area contributed by atoms with Crippen LogP contribution in [0.1, 0.15) is 55.8 Å². The Morgan fingerprint density at radius 1 is 1.11 bits per heavy atom. The summed E-state index contributed by atoms with van der Waals surface area (Å²) < 4.78 is 5.66. The summed E-state index contributed by atoms with van der Waals surface area (Å²) in [5.74, 6) is 1.94. The van der Waals surface area contributed by atoms with Crippen molar-refractivity contribution in [3.63, 3.8) is 0 Å². The molecule has 0 atom stereocenters. The molecular formula is C21H31ClN2O3.